The number of aromatic nitrogens is 2. The van der Waals surface area contributed by atoms with E-state index in [1.54, 1.807) is 0 Å². The molecule has 2 aliphatic rings. The summed E-state index contributed by atoms with van der Waals surface area (Å²) in [7, 11) is 0. The van der Waals surface area contributed by atoms with Crippen molar-refractivity contribution in [1.29, 1.82) is 0 Å². The predicted molar refractivity (Wildman–Crippen MR) is 89.0 cm³/mol. The van der Waals surface area contributed by atoms with Gasteiger partial charge in [0.25, 0.3) is 0 Å². The summed E-state index contributed by atoms with van der Waals surface area (Å²) >= 11 is 0. The van der Waals surface area contributed by atoms with Crippen molar-refractivity contribution in [2.24, 2.45) is 0 Å². The summed E-state index contributed by atoms with van der Waals surface area (Å²) in [5, 5.41) is 11.1. The average Bonchev–Trinajstić information content (AvgIpc) is 2.86. The smallest absolute Gasteiger partial charge is 0.385 e. The van der Waals surface area contributed by atoms with Crippen molar-refractivity contribution in [2.45, 2.75) is 56.1 Å². The molecule has 0 saturated carbocycles. The Bertz CT molecular complexity index is 750. The zero-order chi connectivity index (χ0) is 18.4. The van der Waals surface area contributed by atoms with Gasteiger partial charge in [0.05, 0.1) is 5.60 Å². The van der Waals surface area contributed by atoms with Gasteiger partial charge in [-0.2, -0.15) is 13.2 Å². The highest BCUT2D eigenvalue weighted by molar-refractivity contribution is 5.21. The Balaban J connectivity index is 1.52. The van der Waals surface area contributed by atoms with Crippen molar-refractivity contribution >= 4 is 0 Å². The van der Waals surface area contributed by atoms with Crippen LogP contribution >= 0.6 is 0 Å². The number of rotatable bonds is 3. The van der Waals surface area contributed by atoms with E-state index in [0.29, 0.717) is 18.4 Å². The summed E-state index contributed by atoms with van der Waals surface area (Å²) in [4.78, 5) is 9.25. The highest BCUT2D eigenvalue weighted by Crippen LogP contribution is 2.46. The molecule has 2 atom stereocenters. The second-order valence-corrected chi connectivity index (χ2v) is 7.28. The molecule has 0 amide bonds. The van der Waals surface area contributed by atoms with Gasteiger partial charge in [-0.3, -0.25) is 4.90 Å². The van der Waals surface area contributed by atoms with E-state index in [-0.39, 0.29) is 12.1 Å². The van der Waals surface area contributed by atoms with E-state index in [9.17, 15) is 18.3 Å². The molecule has 2 bridgehead atoms. The van der Waals surface area contributed by atoms with Crippen molar-refractivity contribution < 1.29 is 18.3 Å². The standard InChI is InChI=1S/C19H20F3N3O/c20-19(21,22)17-23-10-14(11-24-17)18(26)8-15-6-7-16(9-18)25(15)12-13-4-2-1-3-5-13/h1-5,10-11,15-16,26H,6-9,12H2. The molecule has 1 N–H and O–H groups in total. The predicted octanol–water partition coefficient (Wildman–Crippen LogP) is 3.51. The maximum Gasteiger partial charge on any atom is 0.451 e. The normalized spacial score (nSPS) is 29.1. The molecule has 2 aromatic rings. The molecule has 3 heterocycles. The van der Waals surface area contributed by atoms with Crippen LogP contribution in [0.4, 0.5) is 13.2 Å². The van der Waals surface area contributed by atoms with E-state index < -0.39 is 17.6 Å². The van der Waals surface area contributed by atoms with Gasteiger partial charge >= 0.3 is 6.18 Å². The van der Waals surface area contributed by atoms with Crippen LogP contribution in [0.1, 0.15) is 42.6 Å². The quantitative estimate of drug-likeness (QED) is 0.907. The molecule has 0 aliphatic carbocycles. The lowest BCUT2D eigenvalue weighted by Gasteiger charge is -2.44. The highest BCUT2D eigenvalue weighted by Gasteiger charge is 2.48. The maximum absolute atomic E-state index is 12.7. The highest BCUT2D eigenvalue weighted by atomic mass is 19.4. The van der Waals surface area contributed by atoms with Gasteiger partial charge in [0.1, 0.15) is 0 Å². The number of aliphatic hydroxyl groups is 1. The van der Waals surface area contributed by atoms with Crippen molar-refractivity contribution in [1.82, 2.24) is 14.9 Å². The number of piperidine rings is 1. The molecule has 4 rings (SSSR count). The first-order valence-electron chi connectivity index (χ1n) is 8.77. The molecule has 2 aliphatic heterocycles. The fourth-order valence-electron chi connectivity index (χ4n) is 4.32. The van der Waals surface area contributed by atoms with E-state index in [4.69, 9.17) is 0 Å². The minimum atomic E-state index is -4.57. The topological polar surface area (TPSA) is 49.3 Å². The van der Waals surface area contributed by atoms with Gasteiger partial charge in [-0.1, -0.05) is 30.3 Å². The van der Waals surface area contributed by atoms with E-state index >= 15 is 0 Å². The number of hydrogen-bond donors (Lipinski definition) is 1. The van der Waals surface area contributed by atoms with Crippen molar-refractivity contribution in [3.63, 3.8) is 0 Å². The fraction of sp³-hybridized carbons (Fsp3) is 0.474. The van der Waals surface area contributed by atoms with Crippen LogP contribution < -0.4 is 0 Å². The van der Waals surface area contributed by atoms with Gasteiger partial charge in [-0.25, -0.2) is 9.97 Å². The summed E-state index contributed by atoms with van der Waals surface area (Å²) in [6.07, 6.45) is 0.641. The molecule has 0 spiro atoms. The van der Waals surface area contributed by atoms with Crippen LogP contribution in [-0.2, 0) is 18.3 Å². The third-order valence-corrected chi connectivity index (χ3v) is 5.57. The van der Waals surface area contributed by atoms with Gasteiger partial charge in [0, 0.05) is 36.6 Å². The van der Waals surface area contributed by atoms with Crippen molar-refractivity contribution in [3.8, 4) is 0 Å². The number of halogens is 3. The summed E-state index contributed by atoms with van der Waals surface area (Å²) in [5.41, 5.74) is 0.442. The number of benzene rings is 1. The monoisotopic (exact) mass is 363 g/mol. The molecule has 2 unspecified atom stereocenters. The molecular weight excluding hydrogens is 343 g/mol. The lowest BCUT2D eigenvalue weighted by atomic mass is 9.81. The van der Waals surface area contributed by atoms with Gasteiger partial charge < -0.3 is 5.11 Å². The van der Waals surface area contributed by atoms with Crippen LogP contribution in [-0.4, -0.2) is 32.1 Å². The Kier molecular flexibility index (Phi) is 4.23. The summed E-state index contributed by atoms with van der Waals surface area (Å²) < 4.78 is 38.0. The van der Waals surface area contributed by atoms with Crippen LogP contribution in [0.25, 0.3) is 0 Å². The van der Waals surface area contributed by atoms with Crippen LogP contribution in [0.15, 0.2) is 42.7 Å². The molecular formula is C19H20F3N3O. The summed E-state index contributed by atoms with van der Waals surface area (Å²) in [6.45, 7) is 0.829. The Labute approximate surface area is 149 Å². The van der Waals surface area contributed by atoms with Crippen LogP contribution in [0.5, 0.6) is 0 Å². The van der Waals surface area contributed by atoms with Gasteiger partial charge in [-0.05, 0) is 31.2 Å². The van der Waals surface area contributed by atoms with Crippen LogP contribution in [0.2, 0.25) is 0 Å². The fourth-order valence-corrected chi connectivity index (χ4v) is 4.32. The zero-order valence-corrected chi connectivity index (χ0v) is 14.2. The number of fused-ring (bicyclic) bond motifs is 2. The van der Waals surface area contributed by atoms with Crippen molar-refractivity contribution in [2.75, 3.05) is 0 Å². The number of hydrogen-bond acceptors (Lipinski definition) is 4. The lowest BCUT2D eigenvalue weighted by molar-refractivity contribution is -0.145. The third-order valence-electron chi connectivity index (χ3n) is 5.57. The van der Waals surface area contributed by atoms with Crippen molar-refractivity contribution in [3.05, 3.63) is 59.7 Å². The molecule has 2 saturated heterocycles. The van der Waals surface area contributed by atoms with E-state index in [1.165, 1.54) is 5.56 Å². The molecule has 1 aromatic heterocycles. The van der Waals surface area contributed by atoms with Crippen LogP contribution in [0.3, 0.4) is 0 Å². The first kappa shape index (κ1) is 17.4. The van der Waals surface area contributed by atoms with E-state index in [0.717, 1.165) is 31.8 Å². The summed E-state index contributed by atoms with van der Waals surface area (Å²) in [6, 6.07) is 10.6. The Morgan fingerprint density at radius 3 is 2.15 bits per heavy atom. The maximum atomic E-state index is 12.7. The SMILES string of the molecule is OC1(c2cnc(C(F)(F)F)nc2)CC2CCC(C1)N2Cc1ccccc1. The zero-order valence-electron chi connectivity index (χ0n) is 14.2. The Morgan fingerprint density at radius 1 is 1.04 bits per heavy atom. The lowest BCUT2D eigenvalue weighted by Crippen LogP contribution is -2.49. The molecule has 2 fully saturated rings. The average molecular weight is 363 g/mol. The van der Waals surface area contributed by atoms with E-state index in [1.807, 2.05) is 18.2 Å². The number of nitrogens with zero attached hydrogens (tertiary/aromatic N) is 3. The van der Waals surface area contributed by atoms with Crippen LogP contribution in [0, 0.1) is 0 Å². The van der Waals surface area contributed by atoms with Gasteiger partial charge in [0.15, 0.2) is 0 Å². The van der Waals surface area contributed by atoms with E-state index in [2.05, 4.69) is 27.0 Å². The first-order valence-corrected chi connectivity index (χ1v) is 8.77. The minimum absolute atomic E-state index is 0.209. The minimum Gasteiger partial charge on any atom is -0.385 e. The largest absolute Gasteiger partial charge is 0.451 e. The summed E-state index contributed by atoms with van der Waals surface area (Å²) in [5.74, 6) is -1.17. The first-order chi connectivity index (χ1) is 12.4. The molecule has 4 nitrogen and oxygen atoms in total. The molecule has 7 heteroatoms. The Hall–Kier alpha value is -1.99. The Morgan fingerprint density at radius 2 is 1.62 bits per heavy atom. The van der Waals surface area contributed by atoms with Gasteiger partial charge in [0.2, 0.25) is 5.82 Å². The third kappa shape index (κ3) is 3.21. The van der Waals surface area contributed by atoms with Gasteiger partial charge in [-0.15, -0.1) is 0 Å². The second-order valence-electron chi connectivity index (χ2n) is 7.28. The molecule has 0 radical (unpaired) electrons. The number of alkyl halides is 3. The molecule has 1 aromatic carbocycles. The molecule has 138 valence electrons. The second kappa shape index (κ2) is 6.32. The molecule has 26 heavy (non-hydrogen) atoms.